The highest BCUT2D eigenvalue weighted by atomic mass is 35.7. The van der Waals surface area contributed by atoms with E-state index >= 15 is 0 Å². The van der Waals surface area contributed by atoms with Gasteiger partial charge in [0.15, 0.2) is 0 Å². The minimum absolute atomic E-state index is 0.000941. The summed E-state index contributed by atoms with van der Waals surface area (Å²) in [4.78, 5) is 0.000941. The molecule has 1 aromatic carbocycles. The molecule has 0 saturated carbocycles. The molecule has 0 aliphatic heterocycles. The summed E-state index contributed by atoms with van der Waals surface area (Å²) < 4.78 is 22.3. The molecule has 5 heteroatoms. The lowest BCUT2D eigenvalue weighted by molar-refractivity contribution is 0.278. The lowest BCUT2D eigenvalue weighted by atomic mass is 10.1. The first-order valence-corrected chi connectivity index (χ1v) is 6.47. The van der Waals surface area contributed by atoms with Crippen molar-refractivity contribution in [3.8, 4) is 0 Å². The van der Waals surface area contributed by atoms with Crippen molar-refractivity contribution in [2.45, 2.75) is 24.8 Å². The topological polar surface area (TPSA) is 54.4 Å². The molecule has 0 heterocycles. The maximum absolute atomic E-state index is 11.1. The van der Waals surface area contributed by atoms with Crippen LogP contribution in [0, 0.1) is 0 Å². The molecule has 0 aliphatic rings. The van der Waals surface area contributed by atoms with Crippen molar-refractivity contribution < 1.29 is 13.5 Å². The fourth-order valence-electron chi connectivity index (χ4n) is 1.18. The summed E-state index contributed by atoms with van der Waals surface area (Å²) >= 11 is 0. The average molecular weight is 235 g/mol. The lowest BCUT2D eigenvalue weighted by Gasteiger charge is -2.05. The Morgan fingerprint density at radius 1 is 1.43 bits per heavy atom. The number of aliphatic hydroxyl groups is 1. The van der Waals surface area contributed by atoms with Crippen LogP contribution in [0.3, 0.4) is 0 Å². The van der Waals surface area contributed by atoms with Gasteiger partial charge in [0, 0.05) is 10.7 Å². The molecule has 0 fully saturated rings. The number of hydrogen-bond acceptors (Lipinski definition) is 3. The summed E-state index contributed by atoms with van der Waals surface area (Å²) in [6.07, 6.45) is 0.727. The van der Waals surface area contributed by atoms with E-state index < -0.39 is 9.05 Å². The number of rotatable bonds is 3. The number of aliphatic hydroxyl groups excluding tert-OH is 1. The van der Waals surface area contributed by atoms with Crippen LogP contribution < -0.4 is 0 Å². The first-order valence-electron chi connectivity index (χ1n) is 4.16. The third kappa shape index (κ3) is 2.47. The first-order chi connectivity index (χ1) is 6.49. The summed E-state index contributed by atoms with van der Waals surface area (Å²) in [5.74, 6) is 0. The van der Waals surface area contributed by atoms with Gasteiger partial charge in [-0.2, -0.15) is 0 Å². The first kappa shape index (κ1) is 11.5. The van der Waals surface area contributed by atoms with Crippen molar-refractivity contribution >= 4 is 19.7 Å². The van der Waals surface area contributed by atoms with Crippen LogP contribution in [0.1, 0.15) is 18.1 Å². The summed E-state index contributed by atoms with van der Waals surface area (Å²) in [6, 6.07) is 4.85. The molecule has 0 amide bonds. The largest absolute Gasteiger partial charge is 0.392 e. The van der Waals surface area contributed by atoms with Gasteiger partial charge in [-0.3, -0.25) is 0 Å². The Bertz CT molecular complexity index is 426. The second-order valence-electron chi connectivity index (χ2n) is 2.89. The Morgan fingerprint density at radius 2 is 2.07 bits per heavy atom. The van der Waals surface area contributed by atoms with Crippen LogP contribution in [-0.4, -0.2) is 13.5 Å². The molecule has 1 aromatic rings. The van der Waals surface area contributed by atoms with E-state index in [1.807, 2.05) is 6.92 Å². The summed E-state index contributed by atoms with van der Waals surface area (Å²) in [7, 11) is 1.47. The monoisotopic (exact) mass is 234 g/mol. The predicted molar refractivity (Wildman–Crippen MR) is 54.8 cm³/mol. The number of halogens is 1. The van der Waals surface area contributed by atoms with E-state index in [0.29, 0.717) is 5.56 Å². The van der Waals surface area contributed by atoms with Crippen LogP contribution >= 0.6 is 10.7 Å². The third-order valence-corrected chi connectivity index (χ3v) is 3.38. The predicted octanol–water partition coefficient (Wildman–Crippen LogP) is 1.67. The maximum atomic E-state index is 11.1. The van der Waals surface area contributed by atoms with Gasteiger partial charge in [-0.05, 0) is 23.6 Å². The van der Waals surface area contributed by atoms with E-state index in [4.69, 9.17) is 15.8 Å². The van der Waals surface area contributed by atoms with E-state index in [0.717, 1.165) is 12.0 Å². The molecule has 0 atom stereocenters. The van der Waals surface area contributed by atoms with E-state index in [1.54, 1.807) is 12.1 Å². The van der Waals surface area contributed by atoms with Gasteiger partial charge < -0.3 is 5.11 Å². The van der Waals surface area contributed by atoms with Gasteiger partial charge in [-0.25, -0.2) is 8.42 Å². The van der Waals surface area contributed by atoms with Gasteiger partial charge in [0.2, 0.25) is 0 Å². The van der Waals surface area contributed by atoms with E-state index in [9.17, 15) is 8.42 Å². The van der Waals surface area contributed by atoms with E-state index in [-0.39, 0.29) is 11.5 Å². The maximum Gasteiger partial charge on any atom is 0.261 e. The average Bonchev–Trinajstić information content (AvgIpc) is 2.15. The highest BCUT2D eigenvalue weighted by molar-refractivity contribution is 8.13. The van der Waals surface area contributed by atoms with Crippen LogP contribution in [0.4, 0.5) is 0 Å². The van der Waals surface area contributed by atoms with Crippen LogP contribution in [0.5, 0.6) is 0 Å². The van der Waals surface area contributed by atoms with Crippen molar-refractivity contribution in [3.05, 3.63) is 29.3 Å². The van der Waals surface area contributed by atoms with Crippen molar-refractivity contribution in [2.24, 2.45) is 0 Å². The molecule has 0 bridgehead atoms. The minimum Gasteiger partial charge on any atom is -0.392 e. The minimum atomic E-state index is -3.77. The van der Waals surface area contributed by atoms with Gasteiger partial charge in [-0.15, -0.1) is 0 Å². The Morgan fingerprint density at radius 3 is 2.50 bits per heavy atom. The molecular formula is C9H11ClO3S. The van der Waals surface area contributed by atoms with Crippen LogP contribution in [0.15, 0.2) is 23.1 Å². The van der Waals surface area contributed by atoms with Crippen molar-refractivity contribution in [2.75, 3.05) is 0 Å². The summed E-state index contributed by atoms with van der Waals surface area (Å²) in [5.41, 5.74) is 1.21. The molecule has 14 heavy (non-hydrogen) atoms. The summed E-state index contributed by atoms with van der Waals surface area (Å²) in [5, 5.41) is 8.92. The van der Waals surface area contributed by atoms with Gasteiger partial charge in [0.1, 0.15) is 0 Å². The van der Waals surface area contributed by atoms with Gasteiger partial charge in [0.05, 0.1) is 11.5 Å². The van der Waals surface area contributed by atoms with E-state index in [2.05, 4.69) is 0 Å². The van der Waals surface area contributed by atoms with Crippen molar-refractivity contribution in [1.29, 1.82) is 0 Å². The fourth-order valence-corrected chi connectivity index (χ4v) is 2.35. The Labute approximate surface area is 87.8 Å². The second-order valence-corrected chi connectivity index (χ2v) is 5.43. The van der Waals surface area contributed by atoms with Crippen LogP contribution in [-0.2, 0) is 22.1 Å². The Balaban J connectivity index is 3.37. The van der Waals surface area contributed by atoms with Crippen LogP contribution in [0.25, 0.3) is 0 Å². The number of hydrogen-bond donors (Lipinski definition) is 1. The zero-order valence-electron chi connectivity index (χ0n) is 7.70. The standard InChI is InChI=1S/C9H11ClO3S/c1-2-7-3-4-8(6-11)9(5-7)14(10,12)13/h3-5,11H,2,6H2,1H3. The zero-order chi connectivity index (χ0) is 10.8. The molecule has 1 rings (SSSR count). The van der Waals surface area contributed by atoms with Gasteiger partial charge in [0.25, 0.3) is 9.05 Å². The molecule has 0 aromatic heterocycles. The number of aryl methyl sites for hydroxylation is 1. The molecule has 78 valence electrons. The second kappa shape index (κ2) is 4.29. The van der Waals surface area contributed by atoms with Gasteiger partial charge in [-0.1, -0.05) is 19.1 Å². The van der Waals surface area contributed by atoms with Crippen molar-refractivity contribution in [1.82, 2.24) is 0 Å². The molecule has 0 radical (unpaired) electrons. The molecule has 0 aliphatic carbocycles. The SMILES string of the molecule is CCc1ccc(CO)c(S(=O)(=O)Cl)c1. The molecule has 0 saturated heterocycles. The van der Waals surface area contributed by atoms with E-state index in [1.165, 1.54) is 6.07 Å². The Hall–Kier alpha value is -0.580. The molecular weight excluding hydrogens is 224 g/mol. The van der Waals surface area contributed by atoms with Gasteiger partial charge >= 0.3 is 0 Å². The fraction of sp³-hybridized carbons (Fsp3) is 0.333. The zero-order valence-corrected chi connectivity index (χ0v) is 9.27. The molecule has 0 spiro atoms. The Kier molecular flexibility index (Phi) is 3.53. The number of benzene rings is 1. The highest BCUT2D eigenvalue weighted by Gasteiger charge is 2.15. The molecule has 3 nitrogen and oxygen atoms in total. The normalized spacial score (nSPS) is 11.6. The highest BCUT2D eigenvalue weighted by Crippen LogP contribution is 2.21. The molecule has 1 N–H and O–H groups in total. The smallest absolute Gasteiger partial charge is 0.261 e. The quantitative estimate of drug-likeness (QED) is 0.810. The third-order valence-electron chi connectivity index (χ3n) is 1.97. The molecule has 0 unspecified atom stereocenters. The van der Waals surface area contributed by atoms with Crippen LogP contribution in [0.2, 0.25) is 0 Å². The summed E-state index contributed by atoms with van der Waals surface area (Å²) in [6.45, 7) is 1.59. The lowest BCUT2D eigenvalue weighted by Crippen LogP contribution is -1.99. The van der Waals surface area contributed by atoms with Crippen molar-refractivity contribution in [3.63, 3.8) is 0 Å².